The Labute approximate surface area is 125 Å². The third-order valence-corrected chi connectivity index (χ3v) is 3.25. The fourth-order valence-electron chi connectivity index (χ4n) is 1.68. The maximum Gasteiger partial charge on any atom is 0.313 e. The molecule has 0 fully saturated rings. The summed E-state index contributed by atoms with van der Waals surface area (Å²) in [6, 6.07) is 5.44. The van der Waals surface area contributed by atoms with Gasteiger partial charge in [-0.3, -0.25) is 4.79 Å². The van der Waals surface area contributed by atoms with Crippen LogP contribution in [0, 0.1) is 12.3 Å². The van der Waals surface area contributed by atoms with Gasteiger partial charge in [-0.25, -0.2) is 0 Å². The number of nitrogens with one attached hydrogen (secondary N) is 1. The molecule has 0 saturated carbocycles. The molecule has 0 aliphatic carbocycles. The fourth-order valence-corrected chi connectivity index (χ4v) is 1.91. The Balaban J connectivity index is 2.94. The van der Waals surface area contributed by atoms with Gasteiger partial charge in [-0.15, -0.1) is 6.42 Å². The summed E-state index contributed by atoms with van der Waals surface area (Å²) in [5.41, 5.74) is 1.07. The van der Waals surface area contributed by atoms with Gasteiger partial charge in [-0.05, 0) is 45.4 Å². The molecule has 4 heteroatoms. The Morgan fingerprint density at radius 3 is 2.70 bits per heavy atom. The zero-order valence-corrected chi connectivity index (χ0v) is 13.0. The highest BCUT2D eigenvalue weighted by Gasteiger charge is 2.19. The average molecular weight is 294 g/mol. The first kappa shape index (κ1) is 16.4. The molecule has 0 spiro atoms. The zero-order valence-electron chi connectivity index (χ0n) is 12.3. The van der Waals surface area contributed by atoms with Crippen LogP contribution in [0.4, 0.5) is 5.69 Å². The van der Waals surface area contributed by atoms with E-state index < -0.39 is 5.54 Å². The van der Waals surface area contributed by atoms with Crippen molar-refractivity contribution in [2.75, 3.05) is 11.9 Å². The highest BCUT2D eigenvalue weighted by molar-refractivity contribution is 6.33. The molecule has 1 N–H and O–H groups in total. The van der Waals surface area contributed by atoms with E-state index in [1.165, 1.54) is 0 Å². The molecule has 1 aromatic carbocycles. The van der Waals surface area contributed by atoms with Gasteiger partial charge in [0.25, 0.3) is 0 Å². The molecule has 1 unspecified atom stereocenters. The normalized spacial score (nSPS) is 12.4. The lowest BCUT2D eigenvalue weighted by Gasteiger charge is -2.22. The Morgan fingerprint density at radius 2 is 2.20 bits per heavy atom. The topological polar surface area (TPSA) is 38.3 Å². The summed E-state index contributed by atoms with van der Waals surface area (Å²) in [4.78, 5) is 11.7. The monoisotopic (exact) mass is 293 g/mol. The molecule has 1 rings (SSSR count). The summed E-state index contributed by atoms with van der Waals surface area (Å²) in [7, 11) is 0. The number of carbonyl (C=O) groups is 1. The van der Waals surface area contributed by atoms with Crippen molar-refractivity contribution in [3.05, 3.63) is 28.8 Å². The first-order valence-electron chi connectivity index (χ1n) is 6.52. The number of terminal acetylenes is 1. The number of carbonyl (C=O) groups excluding carboxylic acids is 1. The predicted molar refractivity (Wildman–Crippen MR) is 83.0 cm³/mol. The smallest absolute Gasteiger partial charge is 0.313 e. The average Bonchev–Trinajstić information content (AvgIpc) is 2.40. The predicted octanol–water partition coefficient (Wildman–Crippen LogP) is 3.83. The molecule has 3 nitrogen and oxygen atoms in total. The van der Waals surface area contributed by atoms with E-state index in [-0.39, 0.29) is 11.9 Å². The fraction of sp³-hybridized carbons (Fsp3) is 0.438. The second-order valence-electron chi connectivity index (χ2n) is 5.11. The Kier molecular flexibility index (Phi) is 5.47. The Morgan fingerprint density at radius 1 is 1.55 bits per heavy atom. The molecule has 108 valence electrons. The molecule has 20 heavy (non-hydrogen) atoms. The van der Waals surface area contributed by atoms with Crippen molar-refractivity contribution in [1.29, 1.82) is 0 Å². The third-order valence-electron chi connectivity index (χ3n) is 2.94. The van der Waals surface area contributed by atoms with Gasteiger partial charge in [0.1, 0.15) is 0 Å². The van der Waals surface area contributed by atoms with E-state index in [1.807, 2.05) is 26.0 Å². The summed E-state index contributed by atoms with van der Waals surface area (Å²) in [6.07, 6.45) is 5.44. The Hall–Kier alpha value is -1.66. The highest BCUT2D eigenvalue weighted by atomic mass is 35.5. The standard InChI is InChI=1S/C16H20ClNO2/c1-6-16(4,5)18-14-9-8-12(10-13(14)17)11(3)15(19)20-7-2/h1,8-11,18H,7H2,2-5H3. The van der Waals surface area contributed by atoms with Crippen LogP contribution < -0.4 is 5.32 Å². The maximum atomic E-state index is 11.7. The van der Waals surface area contributed by atoms with Crippen LogP contribution in [0.5, 0.6) is 0 Å². The van der Waals surface area contributed by atoms with Crippen molar-refractivity contribution in [2.45, 2.75) is 39.2 Å². The summed E-state index contributed by atoms with van der Waals surface area (Å²) in [6.45, 7) is 7.72. The zero-order chi connectivity index (χ0) is 15.3. The van der Waals surface area contributed by atoms with Gasteiger partial charge in [-0.2, -0.15) is 0 Å². The van der Waals surface area contributed by atoms with Crippen molar-refractivity contribution in [3.8, 4) is 12.3 Å². The van der Waals surface area contributed by atoms with Crippen LogP contribution in [0.15, 0.2) is 18.2 Å². The summed E-state index contributed by atoms with van der Waals surface area (Å²) in [5.74, 6) is 2.04. The first-order chi connectivity index (χ1) is 9.30. The molecule has 0 amide bonds. The van der Waals surface area contributed by atoms with Crippen LogP contribution in [0.3, 0.4) is 0 Å². The van der Waals surface area contributed by atoms with Crippen molar-refractivity contribution < 1.29 is 9.53 Å². The largest absolute Gasteiger partial charge is 0.466 e. The van der Waals surface area contributed by atoms with Gasteiger partial charge in [-0.1, -0.05) is 23.6 Å². The maximum absolute atomic E-state index is 11.7. The van der Waals surface area contributed by atoms with Gasteiger partial charge >= 0.3 is 5.97 Å². The number of benzene rings is 1. The number of hydrogen-bond donors (Lipinski definition) is 1. The van der Waals surface area contributed by atoms with E-state index in [0.717, 1.165) is 11.3 Å². The van der Waals surface area contributed by atoms with Gasteiger partial charge in [0.05, 0.1) is 28.8 Å². The van der Waals surface area contributed by atoms with Crippen LogP contribution >= 0.6 is 11.6 Å². The second kappa shape index (κ2) is 6.67. The molecular weight excluding hydrogens is 274 g/mol. The molecule has 1 aromatic rings. The number of halogens is 1. The molecule has 0 heterocycles. The van der Waals surface area contributed by atoms with Crippen molar-refractivity contribution in [2.24, 2.45) is 0 Å². The quantitative estimate of drug-likeness (QED) is 0.662. The summed E-state index contributed by atoms with van der Waals surface area (Å²) < 4.78 is 5.00. The molecule has 0 aliphatic heterocycles. The number of esters is 1. The van der Waals surface area contributed by atoms with Crippen molar-refractivity contribution >= 4 is 23.3 Å². The number of anilines is 1. The molecular formula is C16H20ClNO2. The van der Waals surface area contributed by atoms with E-state index in [2.05, 4.69) is 11.2 Å². The lowest BCUT2D eigenvalue weighted by molar-refractivity contribution is -0.144. The van der Waals surface area contributed by atoms with E-state index in [9.17, 15) is 4.79 Å². The molecule has 0 radical (unpaired) electrons. The lowest BCUT2D eigenvalue weighted by Crippen LogP contribution is -2.28. The van der Waals surface area contributed by atoms with Crippen molar-refractivity contribution in [1.82, 2.24) is 0 Å². The minimum atomic E-state index is -0.488. The Bertz CT molecular complexity index is 532. The molecule has 0 aliphatic rings. The number of ether oxygens (including phenoxy) is 1. The van der Waals surface area contributed by atoms with Crippen LogP contribution in [-0.4, -0.2) is 18.1 Å². The molecule has 0 saturated heterocycles. The summed E-state index contributed by atoms with van der Waals surface area (Å²) in [5, 5.41) is 3.70. The van der Waals surface area contributed by atoms with E-state index in [1.54, 1.807) is 19.9 Å². The molecule has 0 bridgehead atoms. The van der Waals surface area contributed by atoms with Gasteiger partial charge in [0.2, 0.25) is 0 Å². The highest BCUT2D eigenvalue weighted by Crippen LogP contribution is 2.29. The van der Waals surface area contributed by atoms with Gasteiger partial charge < -0.3 is 10.1 Å². The SMILES string of the molecule is C#CC(C)(C)Nc1ccc(C(C)C(=O)OCC)cc1Cl. The van der Waals surface area contributed by atoms with Crippen LogP contribution in [0.2, 0.25) is 5.02 Å². The second-order valence-corrected chi connectivity index (χ2v) is 5.51. The van der Waals surface area contributed by atoms with Crippen LogP contribution in [0.25, 0.3) is 0 Å². The van der Waals surface area contributed by atoms with E-state index >= 15 is 0 Å². The number of rotatable bonds is 5. The first-order valence-corrected chi connectivity index (χ1v) is 6.90. The summed E-state index contributed by atoms with van der Waals surface area (Å²) >= 11 is 6.24. The van der Waals surface area contributed by atoms with E-state index in [4.69, 9.17) is 22.8 Å². The molecule has 1 atom stereocenters. The van der Waals surface area contributed by atoms with Crippen LogP contribution in [0.1, 0.15) is 39.2 Å². The third kappa shape index (κ3) is 4.18. The van der Waals surface area contributed by atoms with Crippen LogP contribution in [-0.2, 0) is 9.53 Å². The lowest BCUT2D eigenvalue weighted by atomic mass is 10.0. The van der Waals surface area contributed by atoms with Gasteiger partial charge in [0.15, 0.2) is 0 Å². The van der Waals surface area contributed by atoms with Gasteiger partial charge in [0, 0.05) is 0 Å². The minimum absolute atomic E-state index is 0.256. The molecule has 0 aromatic heterocycles. The number of hydrogen-bond acceptors (Lipinski definition) is 3. The minimum Gasteiger partial charge on any atom is -0.466 e. The van der Waals surface area contributed by atoms with E-state index in [0.29, 0.717) is 11.6 Å². The van der Waals surface area contributed by atoms with Crippen molar-refractivity contribution in [3.63, 3.8) is 0 Å².